The first-order valence-electron chi connectivity index (χ1n) is 7.11. The number of nitrogens with zero attached hydrogens (tertiary/aromatic N) is 1. The third-order valence-electron chi connectivity index (χ3n) is 3.26. The van der Waals surface area contributed by atoms with E-state index in [1.807, 2.05) is 0 Å². The Morgan fingerprint density at radius 3 is 2.85 bits per heavy atom. The van der Waals surface area contributed by atoms with Crippen molar-refractivity contribution in [2.45, 2.75) is 19.9 Å². The summed E-state index contributed by atoms with van der Waals surface area (Å²) in [6, 6.07) is 4.04. The molecule has 0 atom stereocenters. The molecule has 1 saturated heterocycles. The summed E-state index contributed by atoms with van der Waals surface area (Å²) in [4.78, 5) is 16.5. The molecule has 6 heteroatoms. The molecule has 0 saturated carbocycles. The number of rotatable bonds is 6. The minimum atomic E-state index is -0.0852. The molecule has 0 radical (unpaired) electrons. The lowest BCUT2D eigenvalue weighted by molar-refractivity contribution is 0.0375. The Hall–Kier alpha value is -1.11. The van der Waals surface area contributed by atoms with Crippen molar-refractivity contribution in [3.63, 3.8) is 0 Å². The molecule has 1 aromatic rings. The van der Waals surface area contributed by atoms with E-state index in [1.54, 1.807) is 11.3 Å². The molecule has 112 valence electrons. The summed E-state index contributed by atoms with van der Waals surface area (Å²) in [5.74, 6) is 0. The second-order valence-corrected chi connectivity index (χ2v) is 6.30. The van der Waals surface area contributed by atoms with E-state index >= 15 is 0 Å². The summed E-state index contributed by atoms with van der Waals surface area (Å²) in [6.07, 6.45) is 0.978. The van der Waals surface area contributed by atoms with E-state index in [4.69, 9.17) is 4.74 Å². The molecular formula is C14H23N3O2S. The van der Waals surface area contributed by atoms with Crippen molar-refractivity contribution in [1.29, 1.82) is 0 Å². The number of aryl methyl sites for hydroxylation is 1. The van der Waals surface area contributed by atoms with Gasteiger partial charge in [-0.2, -0.15) is 0 Å². The standard InChI is InChI=1S/C14H23N3O2S/c1-12-3-4-13(20-12)11-16-14(18)15-5-2-6-17-7-9-19-10-8-17/h3-4H,2,5-11H2,1H3,(H2,15,16,18). The van der Waals surface area contributed by atoms with Gasteiger partial charge in [-0.3, -0.25) is 4.90 Å². The molecule has 1 fully saturated rings. The van der Waals surface area contributed by atoms with Crippen LogP contribution >= 0.6 is 11.3 Å². The smallest absolute Gasteiger partial charge is 0.315 e. The van der Waals surface area contributed by atoms with Gasteiger partial charge in [0.05, 0.1) is 19.8 Å². The third kappa shape index (κ3) is 5.48. The monoisotopic (exact) mass is 297 g/mol. The summed E-state index contributed by atoms with van der Waals surface area (Å²) >= 11 is 1.72. The number of nitrogens with one attached hydrogen (secondary N) is 2. The molecule has 2 N–H and O–H groups in total. The second kappa shape index (κ2) is 8.24. The zero-order valence-corrected chi connectivity index (χ0v) is 12.8. The molecule has 2 rings (SSSR count). The number of morpholine rings is 1. The average molecular weight is 297 g/mol. The largest absolute Gasteiger partial charge is 0.379 e. The fourth-order valence-corrected chi connectivity index (χ4v) is 2.97. The SMILES string of the molecule is Cc1ccc(CNC(=O)NCCCN2CCOCC2)s1. The lowest BCUT2D eigenvalue weighted by atomic mass is 10.3. The fourth-order valence-electron chi connectivity index (χ4n) is 2.14. The number of carbonyl (C=O) groups is 1. The van der Waals surface area contributed by atoms with Crippen molar-refractivity contribution in [3.8, 4) is 0 Å². The summed E-state index contributed by atoms with van der Waals surface area (Å²) in [6.45, 7) is 8.07. The second-order valence-electron chi connectivity index (χ2n) is 4.93. The van der Waals surface area contributed by atoms with Crippen LogP contribution < -0.4 is 10.6 Å². The predicted octanol–water partition coefficient (Wildman–Crippen LogP) is 1.58. The van der Waals surface area contributed by atoms with Crippen LogP contribution in [0.2, 0.25) is 0 Å². The molecule has 1 aliphatic heterocycles. The van der Waals surface area contributed by atoms with Crippen LogP contribution in [0.1, 0.15) is 16.2 Å². The molecule has 0 unspecified atom stereocenters. The normalized spacial score (nSPS) is 16.1. The molecule has 0 aliphatic carbocycles. The molecule has 2 amide bonds. The third-order valence-corrected chi connectivity index (χ3v) is 4.26. The Morgan fingerprint density at radius 2 is 2.15 bits per heavy atom. The Labute approximate surface area is 124 Å². The van der Waals surface area contributed by atoms with Gasteiger partial charge >= 0.3 is 6.03 Å². The number of urea groups is 1. The molecule has 20 heavy (non-hydrogen) atoms. The van der Waals surface area contributed by atoms with Gasteiger partial charge in [0.2, 0.25) is 0 Å². The predicted molar refractivity (Wildman–Crippen MR) is 81.2 cm³/mol. The van der Waals surface area contributed by atoms with Crippen molar-refractivity contribution < 1.29 is 9.53 Å². The number of amides is 2. The first-order chi connectivity index (χ1) is 9.74. The average Bonchev–Trinajstić information content (AvgIpc) is 2.88. The molecule has 2 heterocycles. The number of thiophene rings is 1. The highest BCUT2D eigenvalue weighted by Gasteiger charge is 2.09. The molecule has 0 aromatic carbocycles. The maximum Gasteiger partial charge on any atom is 0.315 e. The number of hydrogen-bond donors (Lipinski definition) is 2. The quantitative estimate of drug-likeness (QED) is 0.784. The van der Waals surface area contributed by atoms with Crippen LogP contribution in [0.25, 0.3) is 0 Å². The lowest BCUT2D eigenvalue weighted by Gasteiger charge is -2.26. The first kappa shape index (κ1) is 15.3. The number of ether oxygens (including phenoxy) is 1. The Morgan fingerprint density at radius 1 is 1.35 bits per heavy atom. The van der Waals surface area contributed by atoms with Crippen LogP contribution in [0.4, 0.5) is 4.79 Å². The van der Waals surface area contributed by atoms with Gasteiger partial charge in [-0.25, -0.2) is 4.79 Å². The van der Waals surface area contributed by atoms with Crippen LogP contribution in [0.15, 0.2) is 12.1 Å². The summed E-state index contributed by atoms with van der Waals surface area (Å²) in [5.41, 5.74) is 0. The van der Waals surface area contributed by atoms with Crippen LogP contribution in [0, 0.1) is 6.92 Å². The molecule has 1 aromatic heterocycles. The Balaban J connectivity index is 1.51. The van der Waals surface area contributed by atoms with Gasteiger partial charge in [0.25, 0.3) is 0 Å². The van der Waals surface area contributed by atoms with Crippen LogP contribution in [0.5, 0.6) is 0 Å². The van der Waals surface area contributed by atoms with Crippen molar-refractivity contribution >= 4 is 17.4 Å². The van der Waals surface area contributed by atoms with Gasteiger partial charge in [-0.1, -0.05) is 0 Å². The maximum absolute atomic E-state index is 11.6. The summed E-state index contributed by atoms with van der Waals surface area (Å²) < 4.78 is 5.30. The van der Waals surface area contributed by atoms with E-state index < -0.39 is 0 Å². The van der Waals surface area contributed by atoms with E-state index in [9.17, 15) is 4.79 Å². The molecular weight excluding hydrogens is 274 g/mol. The molecule has 0 spiro atoms. The molecule has 0 bridgehead atoms. The van der Waals surface area contributed by atoms with Crippen molar-refractivity contribution in [3.05, 3.63) is 21.9 Å². The van der Waals surface area contributed by atoms with Crippen molar-refractivity contribution in [1.82, 2.24) is 15.5 Å². The fraction of sp³-hybridized carbons (Fsp3) is 0.643. The first-order valence-corrected chi connectivity index (χ1v) is 7.93. The van der Waals surface area contributed by atoms with Crippen molar-refractivity contribution in [2.24, 2.45) is 0 Å². The highest BCUT2D eigenvalue weighted by molar-refractivity contribution is 7.11. The van der Waals surface area contributed by atoms with E-state index in [0.717, 1.165) is 39.3 Å². The van der Waals surface area contributed by atoms with Crippen LogP contribution in [-0.2, 0) is 11.3 Å². The van der Waals surface area contributed by atoms with Crippen molar-refractivity contribution in [2.75, 3.05) is 39.4 Å². The Kier molecular flexibility index (Phi) is 6.29. The topological polar surface area (TPSA) is 53.6 Å². The minimum absolute atomic E-state index is 0.0852. The van der Waals surface area contributed by atoms with Gasteiger partial charge in [-0.05, 0) is 32.0 Å². The van der Waals surface area contributed by atoms with E-state index in [-0.39, 0.29) is 6.03 Å². The zero-order chi connectivity index (χ0) is 14.2. The minimum Gasteiger partial charge on any atom is -0.379 e. The molecule has 5 nitrogen and oxygen atoms in total. The Bertz CT molecular complexity index is 416. The van der Waals surface area contributed by atoms with Gasteiger partial charge in [0.1, 0.15) is 0 Å². The van der Waals surface area contributed by atoms with E-state index in [0.29, 0.717) is 13.1 Å². The van der Waals surface area contributed by atoms with Crippen LogP contribution in [-0.4, -0.2) is 50.3 Å². The maximum atomic E-state index is 11.6. The lowest BCUT2D eigenvalue weighted by Crippen LogP contribution is -2.39. The van der Waals surface area contributed by atoms with Crippen LogP contribution in [0.3, 0.4) is 0 Å². The number of hydrogen-bond acceptors (Lipinski definition) is 4. The zero-order valence-electron chi connectivity index (χ0n) is 12.0. The van der Waals surface area contributed by atoms with Gasteiger partial charge in [-0.15, -0.1) is 11.3 Å². The summed E-state index contributed by atoms with van der Waals surface area (Å²) in [5, 5.41) is 5.77. The highest BCUT2D eigenvalue weighted by Crippen LogP contribution is 2.14. The van der Waals surface area contributed by atoms with Gasteiger partial charge in [0, 0.05) is 29.4 Å². The highest BCUT2D eigenvalue weighted by atomic mass is 32.1. The van der Waals surface area contributed by atoms with E-state index in [1.165, 1.54) is 9.75 Å². The number of carbonyl (C=O) groups excluding carboxylic acids is 1. The van der Waals surface area contributed by atoms with Gasteiger partial charge in [0.15, 0.2) is 0 Å². The molecule has 1 aliphatic rings. The van der Waals surface area contributed by atoms with Gasteiger partial charge < -0.3 is 15.4 Å². The summed E-state index contributed by atoms with van der Waals surface area (Å²) in [7, 11) is 0. The van der Waals surface area contributed by atoms with E-state index in [2.05, 4.69) is 34.6 Å².